The van der Waals surface area contributed by atoms with Gasteiger partial charge in [-0.3, -0.25) is 5.84 Å². The minimum Gasteiger partial charge on any atom is -0.377 e. The summed E-state index contributed by atoms with van der Waals surface area (Å²) < 4.78 is 32.5. The van der Waals surface area contributed by atoms with Gasteiger partial charge < -0.3 is 10.2 Å². The first-order chi connectivity index (χ1) is 10.1. The van der Waals surface area contributed by atoms with Crippen LogP contribution in [0.4, 0.5) is 5.69 Å². The number of pyridine rings is 1. The van der Waals surface area contributed by atoms with Crippen molar-refractivity contribution in [1.29, 1.82) is 0 Å². The lowest BCUT2D eigenvalue weighted by Gasteiger charge is -2.31. The molecule has 1 fully saturated rings. The molecule has 1 saturated heterocycles. The highest BCUT2D eigenvalue weighted by molar-refractivity contribution is 7.89. The van der Waals surface area contributed by atoms with Crippen LogP contribution in [0.2, 0.25) is 0 Å². The zero-order valence-electron chi connectivity index (χ0n) is 12.2. The van der Waals surface area contributed by atoms with Crippen LogP contribution >= 0.6 is 0 Å². The van der Waals surface area contributed by atoms with E-state index in [9.17, 15) is 8.42 Å². The van der Waals surface area contributed by atoms with Crippen molar-refractivity contribution in [1.82, 2.24) is 9.29 Å². The minimum absolute atomic E-state index is 0.0383. The van der Waals surface area contributed by atoms with Crippen molar-refractivity contribution in [2.24, 2.45) is 5.84 Å². The Balaban J connectivity index is 2.18. The number of ether oxygens (including phenoxy) is 1. The summed E-state index contributed by atoms with van der Waals surface area (Å²) in [6, 6.07) is 3.23. The van der Waals surface area contributed by atoms with Crippen LogP contribution in [0, 0.1) is 0 Å². The normalized spacial score (nSPS) is 20.4. The maximum absolute atomic E-state index is 12.7. The number of piperidine rings is 1. The van der Waals surface area contributed by atoms with Gasteiger partial charge in [0.2, 0.25) is 0 Å². The van der Waals surface area contributed by atoms with Crippen molar-refractivity contribution >= 4 is 15.7 Å². The Morgan fingerprint density at radius 1 is 1.57 bits per heavy atom. The zero-order valence-corrected chi connectivity index (χ0v) is 13.0. The van der Waals surface area contributed by atoms with Gasteiger partial charge in [-0.1, -0.05) is 6.92 Å². The van der Waals surface area contributed by atoms with E-state index < -0.39 is 10.0 Å². The molecule has 1 aliphatic heterocycles. The number of aromatic nitrogens is 1. The number of hydrazine groups is 1. The molecule has 0 saturated carbocycles. The Kier molecular flexibility index (Phi) is 5.51. The number of hydrogen-bond acceptors (Lipinski definition) is 6. The van der Waals surface area contributed by atoms with Gasteiger partial charge in [0.25, 0.3) is 10.0 Å². The van der Waals surface area contributed by atoms with E-state index in [1.807, 2.05) is 6.92 Å². The Labute approximate surface area is 125 Å². The second-order valence-corrected chi connectivity index (χ2v) is 6.85. The van der Waals surface area contributed by atoms with Gasteiger partial charge in [-0.2, -0.15) is 4.31 Å². The second kappa shape index (κ2) is 7.17. The van der Waals surface area contributed by atoms with Gasteiger partial charge in [-0.15, -0.1) is 0 Å². The molecule has 1 unspecified atom stereocenters. The molecule has 21 heavy (non-hydrogen) atoms. The fourth-order valence-electron chi connectivity index (χ4n) is 2.37. The number of sulfonamides is 1. The first-order valence-corrected chi connectivity index (χ1v) is 8.57. The number of nitrogen functional groups attached to an aromatic ring is 1. The van der Waals surface area contributed by atoms with Crippen LogP contribution < -0.4 is 11.3 Å². The topological polar surface area (TPSA) is 97.5 Å². The van der Waals surface area contributed by atoms with E-state index >= 15 is 0 Å². The lowest BCUT2D eigenvalue weighted by atomic mass is 10.1. The molecule has 0 aromatic carbocycles. The van der Waals surface area contributed by atoms with Gasteiger partial charge in [0.05, 0.1) is 11.8 Å². The third-order valence-corrected chi connectivity index (χ3v) is 5.23. The molecule has 0 aliphatic carbocycles. The molecule has 1 aliphatic rings. The number of nitrogens with two attached hydrogens (primary N) is 1. The Morgan fingerprint density at radius 3 is 3.10 bits per heavy atom. The molecule has 8 heteroatoms. The quantitative estimate of drug-likeness (QED) is 0.599. The fourth-order valence-corrected chi connectivity index (χ4v) is 3.95. The van der Waals surface area contributed by atoms with E-state index in [1.165, 1.54) is 10.5 Å². The van der Waals surface area contributed by atoms with E-state index in [2.05, 4.69) is 10.4 Å². The van der Waals surface area contributed by atoms with Crippen LogP contribution in [0.15, 0.2) is 23.4 Å². The van der Waals surface area contributed by atoms with E-state index in [-0.39, 0.29) is 11.1 Å². The van der Waals surface area contributed by atoms with Crippen LogP contribution in [0.3, 0.4) is 0 Å². The molecule has 0 radical (unpaired) electrons. The first kappa shape index (κ1) is 16.2. The second-order valence-electron chi connectivity index (χ2n) is 5.00. The maximum Gasteiger partial charge on any atom is 0.262 e. The third kappa shape index (κ3) is 3.70. The van der Waals surface area contributed by atoms with Crippen molar-refractivity contribution in [3.05, 3.63) is 18.3 Å². The summed E-state index contributed by atoms with van der Waals surface area (Å²) in [6.07, 6.45) is 3.99. The van der Waals surface area contributed by atoms with Gasteiger partial charge in [0.15, 0.2) is 5.03 Å². The molecular weight excluding hydrogens is 292 g/mol. The average molecular weight is 314 g/mol. The average Bonchev–Trinajstić information content (AvgIpc) is 2.53. The molecule has 7 nitrogen and oxygen atoms in total. The number of rotatable bonds is 6. The highest BCUT2D eigenvalue weighted by atomic mass is 32.2. The highest BCUT2D eigenvalue weighted by Crippen LogP contribution is 2.25. The lowest BCUT2D eigenvalue weighted by Crippen LogP contribution is -2.43. The molecular formula is C13H22N4O3S. The van der Waals surface area contributed by atoms with Crippen LogP contribution in [-0.2, 0) is 14.8 Å². The van der Waals surface area contributed by atoms with Crippen LogP contribution in [0.1, 0.15) is 26.2 Å². The van der Waals surface area contributed by atoms with Crippen LogP contribution in [0.25, 0.3) is 0 Å². The Morgan fingerprint density at radius 2 is 2.38 bits per heavy atom. The van der Waals surface area contributed by atoms with E-state index in [0.29, 0.717) is 25.4 Å². The number of anilines is 1. The van der Waals surface area contributed by atoms with E-state index in [4.69, 9.17) is 10.6 Å². The summed E-state index contributed by atoms with van der Waals surface area (Å²) >= 11 is 0. The van der Waals surface area contributed by atoms with Crippen molar-refractivity contribution in [3.8, 4) is 0 Å². The SMILES string of the molecule is CCCOC1CCCN(S(=O)(=O)c2ncccc2NN)C1. The lowest BCUT2D eigenvalue weighted by molar-refractivity contribution is 0.0193. The first-order valence-electron chi connectivity index (χ1n) is 7.13. The Hall–Kier alpha value is -1.22. The molecule has 118 valence electrons. The molecule has 1 atom stereocenters. The molecule has 3 N–H and O–H groups in total. The van der Waals surface area contributed by atoms with E-state index in [0.717, 1.165) is 19.3 Å². The summed E-state index contributed by atoms with van der Waals surface area (Å²) in [5, 5.41) is -0.0383. The molecule has 2 heterocycles. The summed E-state index contributed by atoms with van der Waals surface area (Å²) in [7, 11) is -3.66. The summed E-state index contributed by atoms with van der Waals surface area (Å²) in [5.74, 6) is 5.37. The van der Waals surface area contributed by atoms with Crippen LogP contribution in [-0.4, -0.2) is 43.5 Å². The smallest absolute Gasteiger partial charge is 0.262 e. The molecule has 2 rings (SSSR count). The van der Waals surface area contributed by atoms with Crippen molar-refractivity contribution in [2.75, 3.05) is 25.1 Å². The van der Waals surface area contributed by atoms with E-state index in [1.54, 1.807) is 12.1 Å². The Bertz CT molecular complexity index is 564. The van der Waals surface area contributed by atoms with Crippen molar-refractivity contribution < 1.29 is 13.2 Å². The minimum atomic E-state index is -3.66. The van der Waals surface area contributed by atoms with Crippen molar-refractivity contribution in [3.63, 3.8) is 0 Å². The van der Waals surface area contributed by atoms with Gasteiger partial charge in [-0.25, -0.2) is 13.4 Å². The van der Waals surface area contributed by atoms with Gasteiger partial charge in [-0.05, 0) is 31.4 Å². The third-order valence-electron chi connectivity index (χ3n) is 3.41. The molecule has 0 amide bonds. The van der Waals surface area contributed by atoms with Gasteiger partial charge >= 0.3 is 0 Å². The molecule has 1 aromatic heterocycles. The monoisotopic (exact) mass is 314 g/mol. The summed E-state index contributed by atoms with van der Waals surface area (Å²) in [4.78, 5) is 3.97. The summed E-state index contributed by atoms with van der Waals surface area (Å²) in [5.41, 5.74) is 2.69. The molecule has 1 aromatic rings. The van der Waals surface area contributed by atoms with Crippen molar-refractivity contribution in [2.45, 2.75) is 37.3 Å². The van der Waals surface area contributed by atoms with Crippen LogP contribution in [0.5, 0.6) is 0 Å². The van der Waals surface area contributed by atoms with Gasteiger partial charge in [0, 0.05) is 25.9 Å². The number of nitrogens with zero attached hydrogens (tertiary/aromatic N) is 2. The highest BCUT2D eigenvalue weighted by Gasteiger charge is 2.33. The van der Waals surface area contributed by atoms with Gasteiger partial charge in [0.1, 0.15) is 0 Å². The standard InChI is InChI=1S/C13H22N4O3S/c1-2-9-20-11-5-4-8-17(10-11)21(18,19)13-12(16-14)6-3-7-15-13/h3,6-7,11,16H,2,4-5,8-10,14H2,1H3. The molecule has 0 spiro atoms. The number of nitrogens with one attached hydrogen (secondary N) is 1. The number of hydrogen-bond donors (Lipinski definition) is 2. The molecule has 0 bridgehead atoms. The predicted molar refractivity (Wildman–Crippen MR) is 80.1 cm³/mol. The summed E-state index contributed by atoms with van der Waals surface area (Å²) in [6.45, 7) is 3.53. The maximum atomic E-state index is 12.7. The largest absolute Gasteiger partial charge is 0.377 e. The zero-order chi connectivity index (χ0) is 15.3. The fraction of sp³-hybridized carbons (Fsp3) is 0.615. The predicted octanol–water partition coefficient (Wildman–Crippen LogP) is 0.947.